The van der Waals surface area contributed by atoms with Crippen molar-refractivity contribution in [2.75, 3.05) is 0 Å². The van der Waals surface area contributed by atoms with Gasteiger partial charge in [0, 0.05) is 12.6 Å². The van der Waals surface area contributed by atoms with Crippen LogP contribution in [0.5, 0.6) is 5.75 Å². The van der Waals surface area contributed by atoms with Crippen LogP contribution >= 0.6 is 0 Å². The summed E-state index contributed by atoms with van der Waals surface area (Å²) in [6.45, 7) is 3.99. The van der Waals surface area contributed by atoms with Gasteiger partial charge in [0.15, 0.2) is 5.82 Å². The fourth-order valence-electron chi connectivity index (χ4n) is 2.03. The Morgan fingerprint density at radius 2 is 1.95 bits per heavy atom. The summed E-state index contributed by atoms with van der Waals surface area (Å²) >= 11 is 0. The van der Waals surface area contributed by atoms with E-state index >= 15 is 0 Å². The minimum absolute atomic E-state index is 0.0995. The molecule has 0 aliphatic rings. The molecule has 0 amide bonds. The van der Waals surface area contributed by atoms with Crippen molar-refractivity contribution in [2.24, 2.45) is 7.05 Å². The van der Waals surface area contributed by atoms with Crippen LogP contribution in [0.4, 0.5) is 0 Å². The summed E-state index contributed by atoms with van der Waals surface area (Å²) < 4.78 is 9.09. The molecule has 0 atom stereocenters. The third-order valence-electron chi connectivity index (χ3n) is 2.94. The van der Waals surface area contributed by atoms with Gasteiger partial charge < -0.3 is 4.74 Å². The maximum absolute atomic E-state index is 5.82. The molecule has 1 aromatic carbocycles. The van der Waals surface area contributed by atoms with E-state index in [1.54, 1.807) is 22.6 Å². The average molecular weight is 284 g/mol. The molecular formula is C14H16N6O. The van der Waals surface area contributed by atoms with Crippen molar-refractivity contribution in [3.05, 3.63) is 36.7 Å². The van der Waals surface area contributed by atoms with Gasteiger partial charge in [-0.3, -0.25) is 0 Å². The zero-order chi connectivity index (χ0) is 14.8. The second-order valence-corrected chi connectivity index (χ2v) is 4.93. The Kier molecular flexibility index (Phi) is 3.39. The van der Waals surface area contributed by atoms with Gasteiger partial charge in [0.2, 0.25) is 0 Å². The van der Waals surface area contributed by atoms with Gasteiger partial charge in [0.05, 0.1) is 18.5 Å². The number of nitrogens with zero attached hydrogens (tertiary/aromatic N) is 6. The summed E-state index contributed by atoms with van der Waals surface area (Å²) in [7, 11) is 1.81. The summed E-state index contributed by atoms with van der Waals surface area (Å²) in [5.74, 6) is 1.54. The molecule has 0 aliphatic heterocycles. The van der Waals surface area contributed by atoms with Crippen molar-refractivity contribution in [2.45, 2.75) is 20.0 Å². The summed E-state index contributed by atoms with van der Waals surface area (Å²) in [5.41, 5.74) is 1.65. The molecule has 2 aromatic heterocycles. The molecule has 0 unspecified atom stereocenters. The maximum atomic E-state index is 5.82. The molecule has 2 heterocycles. The van der Waals surface area contributed by atoms with E-state index < -0.39 is 0 Å². The lowest BCUT2D eigenvalue weighted by molar-refractivity contribution is 0.243. The first-order chi connectivity index (χ1) is 10.1. The first-order valence-electron chi connectivity index (χ1n) is 6.68. The van der Waals surface area contributed by atoms with E-state index in [0.717, 1.165) is 22.8 Å². The molecule has 7 nitrogen and oxygen atoms in total. The van der Waals surface area contributed by atoms with Gasteiger partial charge in [0.1, 0.15) is 11.4 Å². The Morgan fingerprint density at radius 1 is 1.14 bits per heavy atom. The van der Waals surface area contributed by atoms with Gasteiger partial charge in [0.25, 0.3) is 0 Å². The number of ether oxygens (including phenoxy) is 1. The predicted octanol–water partition coefficient (Wildman–Crippen LogP) is 1.85. The lowest BCUT2D eigenvalue weighted by Gasteiger charge is -2.12. The zero-order valence-electron chi connectivity index (χ0n) is 12.1. The average Bonchev–Trinajstić information content (AvgIpc) is 3.07. The Morgan fingerprint density at radius 3 is 2.67 bits per heavy atom. The Balaban J connectivity index is 1.99. The van der Waals surface area contributed by atoms with Gasteiger partial charge in [-0.15, -0.1) is 10.2 Å². The second-order valence-electron chi connectivity index (χ2n) is 4.93. The number of para-hydroxylation sites is 1. The lowest BCUT2D eigenvalue weighted by Crippen LogP contribution is -2.06. The van der Waals surface area contributed by atoms with Gasteiger partial charge in [-0.2, -0.15) is 0 Å². The van der Waals surface area contributed by atoms with Crippen LogP contribution in [0.2, 0.25) is 0 Å². The molecule has 0 bridgehead atoms. The monoisotopic (exact) mass is 284 g/mol. The standard InChI is InChI=1S/C14H16N6O/c1-10(2)21-13-7-5-4-6-11(13)12-9-20(18-16-12)14-8-15-17-19(14)3/h4-10H,1-3H3. The van der Waals surface area contributed by atoms with Crippen molar-refractivity contribution >= 4 is 0 Å². The smallest absolute Gasteiger partial charge is 0.173 e. The molecule has 0 aliphatic carbocycles. The van der Waals surface area contributed by atoms with Crippen LogP contribution in [-0.2, 0) is 7.05 Å². The zero-order valence-corrected chi connectivity index (χ0v) is 12.1. The third-order valence-corrected chi connectivity index (χ3v) is 2.94. The summed E-state index contributed by atoms with van der Waals surface area (Å²) in [5, 5.41) is 16.1. The van der Waals surface area contributed by atoms with Gasteiger partial charge in [-0.05, 0) is 26.0 Å². The number of hydrogen-bond acceptors (Lipinski definition) is 5. The maximum Gasteiger partial charge on any atom is 0.173 e. The van der Waals surface area contributed by atoms with Crippen molar-refractivity contribution in [1.29, 1.82) is 0 Å². The van der Waals surface area contributed by atoms with Gasteiger partial charge >= 0.3 is 0 Å². The quantitative estimate of drug-likeness (QED) is 0.731. The van der Waals surface area contributed by atoms with E-state index in [2.05, 4.69) is 20.6 Å². The predicted molar refractivity (Wildman–Crippen MR) is 77.1 cm³/mol. The molecule has 7 heteroatoms. The molecule has 108 valence electrons. The van der Waals surface area contributed by atoms with Crippen LogP contribution in [0.15, 0.2) is 36.7 Å². The van der Waals surface area contributed by atoms with Gasteiger partial charge in [-0.1, -0.05) is 22.6 Å². The number of aromatic nitrogens is 6. The third kappa shape index (κ3) is 2.62. The van der Waals surface area contributed by atoms with Crippen LogP contribution < -0.4 is 4.74 Å². The minimum Gasteiger partial charge on any atom is -0.490 e. The molecular weight excluding hydrogens is 268 g/mol. The minimum atomic E-state index is 0.0995. The molecule has 0 saturated carbocycles. The lowest BCUT2D eigenvalue weighted by atomic mass is 10.1. The van der Waals surface area contributed by atoms with Gasteiger partial charge in [-0.25, -0.2) is 9.36 Å². The Labute approximate surface area is 122 Å². The molecule has 0 radical (unpaired) electrons. The highest BCUT2D eigenvalue weighted by molar-refractivity contribution is 5.66. The van der Waals surface area contributed by atoms with E-state index in [9.17, 15) is 0 Å². The number of aryl methyl sites for hydroxylation is 1. The molecule has 3 rings (SSSR count). The summed E-state index contributed by atoms with van der Waals surface area (Å²) in [6, 6.07) is 7.79. The first-order valence-corrected chi connectivity index (χ1v) is 6.68. The SMILES string of the molecule is CC(C)Oc1ccccc1-c1cn(-c2cnnn2C)nn1. The number of hydrogen-bond donors (Lipinski definition) is 0. The van der Waals surface area contributed by atoms with Crippen LogP contribution in [0, 0.1) is 0 Å². The highest BCUT2D eigenvalue weighted by Gasteiger charge is 2.13. The number of benzene rings is 1. The largest absolute Gasteiger partial charge is 0.490 e. The van der Waals surface area contributed by atoms with Crippen LogP contribution in [-0.4, -0.2) is 36.1 Å². The fourth-order valence-corrected chi connectivity index (χ4v) is 2.03. The summed E-state index contributed by atoms with van der Waals surface area (Å²) in [6.07, 6.45) is 3.57. The fraction of sp³-hybridized carbons (Fsp3) is 0.286. The van der Waals surface area contributed by atoms with Crippen molar-refractivity contribution in [1.82, 2.24) is 30.0 Å². The van der Waals surface area contributed by atoms with E-state index in [0.29, 0.717) is 0 Å². The molecule has 21 heavy (non-hydrogen) atoms. The highest BCUT2D eigenvalue weighted by atomic mass is 16.5. The van der Waals surface area contributed by atoms with Crippen LogP contribution in [0.1, 0.15) is 13.8 Å². The van der Waals surface area contributed by atoms with Crippen molar-refractivity contribution in [3.63, 3.8) is 0 Å². The van der Waals surface area contributed by atoms with Crippen LogP contribution in [0.3, 0.4) is 0 Å². The topological polar surface area (TPSA) is 70.7 Å². The molecule has 0 saturated heterocycles. The first kappa shape index (κ1) is 13.3. The van der Waals surface area contributed by atoms with Crippen molar-refractivity contribution in [3.8, 4) is 22.8 Å². The molecule has 0 fully saturated rings. The highest BCUT2D eigenvalue weighted by Crippen LogP contribution is 2.29. The molecule has 3 aromatic rings. The van der Waals surface area contributed by atoms with E-state index in [-0.39, 0.29) is 6.10 Å². The molecule has 0 spiro atoms. The van der Waals surface area contributed by atoms with Crippen LogP contribution in [0.25, 0.3) is 17.1 Å². The molecule has 0 N–H and O–H groups in total. The van der Waals surface area contributed by atoms with E-state index in [4.69, 9.17) is 4.74 Å². The normalized spacial score (nSPS) is 11.0. The van der Waals surface area contributed by atoms with E-state index in [1.807, 2.05) is 44.3 Å². The van der Waals surface area contributed by atoms with E-state index in [1.165, 1.54) is 0 Å². The Hall–Kier alpha value is -2.70. The van der Waals surface area contributed by atoms with Crippen molar-refractivity contribution < 1.29 is 4.74 Å². The summed E-state index contributed by atoms with van der Waals surface area (Å²) in [4.78, 5) is 0. The second kappa shape index (κ2) is 5.35. The Bertz CT molecular complexity index is 745. The number of rotatable bonds is 4.